The van der Waals surface area contributed by atoms with Gasteiger partial charge in [0.2, 0.25) is 0 Å². The Morgan fingerprint density at radius 3 is 2.68 bits per heavy atom. The van der Waals surface area contributed by atoms with E-state index in [0.717, 1.165) is 19.3 Å². The second-order valence-electron chi connectivity index (χ2n) is 6.60. The van der Waals surface area contributed by atoms with Gasteiger partial charge in [-0.3, -0.25) is 0 Å². The SMILES string of the molecule is CC1=C2C(OC1=O)C(O)C1CCCC(C)C1(C)C2O. The Kier molecular flexibility index (Phi) is 2.81. The van der Waals surface area contributed by atoms with Gasteiger partial charge < -0.3 is 14.9 Å². The second kappa shape index (κ2) is 4.06. The van der Waals surface area contributed by atoms with Crippen LogP contribution in [0.2, 0.25) is 0 Å². The van der Waals surface area contributed by atoms with E-state index in [2.05, 4.69) is 13.8 Å². The first-order valence-corrected chi connectivity index (χ1v) is 7.16. The smallest absolute Gasteiger partial charge is 0.334 e. The van der Waals surface area contributed by atoms with Crippen molar-refractivity contribution in [3.8, 4) is 0 Å². The third kappa shape index (κ3) is 1.50. The lowest BCUT2D eigenvalue weighted by atomic mass is 9.52. The summed E-state index contributed by atoms with van der Waals surface area (Å²) < 4.78 is 5.27. The average Bonchev–Trinajstić information content (AvgIpc) is 2.67. The van der Waals surface area contributed by atoms with Crippen LogP contribution in [-0.2, 0) is 9.53 Å². The summed E-state index contributed by atoms with van der Waals surface area (Å²) in [6.45, 7) is 5.87. The zero-order valence-electron chi connectivity index (χ0n) is 11.7. The standard InChI is InChI=1S/C15H22O4/c1-7-5-4-6-9-11(16)12-10(8(2)14(18)19-12)13(17)15(7,9)3/h7,9,11-13,16-17H,4-6H2,1-3H3. The number of carbonyl (C=O) groups excluding carboxylic acids is 1. The van der Waals surface area contributed by atoms with Crippen molar-refractivity contribution < 1.29 is 19.7 Å². The number of fused-ring (bicyclic) bond motifs is 2. The Labute approximate surface area is 113 Å². The molecule has 0 bridgehead atoms. The van der Waals surface area contributed by atoms with Gasteiger partial charge in [0, 0.05) is 16.6 Å². The summed E-state index contributed by atoms with van der Waals surface area (Å²) in [6.07, 6.45) is 0.998. The van der Waals surface area contributed by atoms with Crippen LogP contribution in [0.1, 0.15) is 40.0 Å². The molecular weight excluding hydrogens is 244 g/mol. The zero-order chi connectivity index (χ0) is 13.9. The number of aliphatic hydroxyl groups is 2. The summed E-state index contributed by atoms with van der Waals surface area (Å²) in [6, 6.07) is 0. The van der Waals surface area contributed by atoms with Crippen LogP contribution in [0.3, 0.4) is 0 Å². The van der Waals surface area contributed by atoms with Crippen LogP contribution in [0.15, 0.2) is 11.1 Å². The summed E-state index contributed by atoms with van der Waals surface area (Å²) in [7, 11) is 0. The number of aliphatic hydroxyl groups excluding tert-OH is 2. The highest BCUT2D eigenvalue weighted by molar-refractivity contribution is 5.92. The van der Waals surface area contributed by atoms with Crippen molar-refractivity contribution in [3.05, 3.63) is 11.1 Å². The first-order valence-electron chi connectivity index (χ1n) is 7.16. The molecule has 4 nitrogen and oxygen atoms in total. The minimum Gasteiger partial charge on any atom is -0.452 e. The lowest BCUT2D eigenvalue weighted by Crippen LogP contribution is -2.60. The van der Waals surface area contributed by atoms with Gasteiger partial charge in [-0.15, -0.1) is 0 Å². The number of carbonyl (C=O) groups is 1. The van der Waals surface area contributed by atoms with Crippen molar-refractivity contribution in [2.75, 3.05) is 0 Å². The quantitative estimate of drug-likeness (QED) is 0.651. The van der Waals surface area contributed by atoms with Gasteiger partial charge in [-0.2, -0.15) is 0 Å². The summed E-state index contributed by atoms with van der Waals surface area (Å²) in [5, 5.41) is 21.4. The minimum atomic E-state index is -0.687. The van der Waals surface area contributed by atoms with Crippen LogP contribution in [0.25, 0.3) is 0 Å². The maximum Gasteiger partial charge on any atom is 0.334 e. The van der Waals surface area contributed by atoms with Crippen molar-refractivity contribution in [3.63, 3.8) is 0 Å². The van der Waals surface area contributed by atoms with Gasteiger partial charge in [-0.1, -0.05) is 26.7 Å². The first kappa shape index (κ1) is 13.1. The summed E-state index contributed by atoms with van der Waals surface area (Å²) in [4.78, 5) is 11.7. The molecule has 6 unspecified atom stereocenters. The fourth-order valence-electron chi connectivity index (χ4n) is 4.40. The molecule has 0 aromatic rings. The third-order valence-corrected chi connectivity index (χ3v) is 5.90. The molecule has 3 aliphatic rings. The molecule has 3 rings (SSSR count). The predicted molar refractivity (Wildman–Crippen MR) is 69.2 cm³/mol. The summed E-state index contributed by atoms with van der Waals surface area (Å²) in [5.74, 6) is -0.0699. The van der Waals surface area contributed by atoms with Crippen LogP contribution < -0.4 is 0 Å². The van der Waals surface area contributed by atoms with Gasteiger partial charge in [0.1, 0.15) is 0 Å². The molecule has 0 spiro atoms. The molecule has 0 aromatic carbocycles. The van der Waals surface area contributed by atoms with Crippen molar-refractivity contribution >= 4 is 5.97 Å². The van der Waals surface area contributed by atoms with Crippen LogP contribution in [0.4, 0.5) is 0 Å². The molecule has 1 heterocycles. The lowest BCUT2D eigenvalue weighted by Gasteiger charge is -2.55. The molecule has 106 valence electrons. The first-order chi connectivity index (χ1) is 8.89. The molecule has 0 aromatic heterocycles. The van der Waals surface area contributed by atoms with Crippen LogP contribution in [0.5, 0.6) is 0 Å². The zero-order valence-corrected chi connectivity index (χ0v) is 11.7. The van der Waals surface area contributed by atoms with E-state index in [1.807, 2.05) is 0 Å². The van der Waals surface area contributed by atoms with E-state index in [-0.39, 0.29) is 11.3 Å². The van der Waals surface area contributed by atoms with Crippen LogP contribution >= 0.6 is 0 Å². The lowest BCUT2D eigenvalue weighted by molar-refractivity contribution is -0.171. The van der Waals surface area contributed by atoms with Gasteiger partial charge in [-0.05, 0) is 25.2 Å². The van der Waals surface area contributed by atoms with E-state index >= 15 is 0 Å². The normalized spacial score (nSPS) is 49.7. The van der Waals surface area contributed by atoms with E-state index in [0.29, 0.717) is 17.1 Å². The fourth-order valence-corrected chi connectivity index (χ4v) is 4.40. The Bertz CT molecular complexity index is 455. The van der Waals surface area contributed by atoms with E-state index in [1.165, 1.54) is 0 Å². The third-order valence-electron chi connectivity index (χ3n) is 5.90. The van der Waals surface area contributed by atoms with Crippen molar-refractivity contribution in [1.82, 2.24) is 0 Å². The van der Waals surface area contributed by atoms with E-state index < -0.39 is 24.3 Å². The van der Waals surface area contributed by atoms with Gasteiger partial charge >= 0.3 is 5.97 Å². The largest absolute Gasteiger partial charge is 0.452 e. The molecule has 19 heavy (non-hydrogen) atoms. The van der Waals surface area contributed by atoms with E-state index in [9.17, 15) is 15.0 Å². The maximum absolute atomic E-state index is 11.7. The van der Waals surface area contributed by atoms with Crippen LogP contribution in [0, 0.1) is 17.3 Å². The number of esters is 1. The highest BCUT2D eigenvalue weighted by atomic mass is 16.6. The van der Waals surface area contributed by atoms with Crippen molar-refractivity contribution in [2.24, 2.45) is 17.3 Å². The Balaban J connectivity index is 2.10. The molecule has 6 atom stereocenters. The van der Waals surface area contributed by atoms with Crippen molar-refractivity contribution in [1.29, 1.82) is 0 Å². The molecule has 0 saturated heterocycles. The maximum atomic E-state index is 11.7. The van der Waals surface area contributed by atoms with Crippen molar-refractivity contribution in [2.45, 2.75) is 58.3 Å². The van der Waals surface area contributed by atoms with Gasteiger partial charge in [0.05, 0.1) is 12.2 Å². The Morgan fingerprint density at radius 2 is 2.00 bits per heavy atom. The topological polar surface area (TPSA) is 66.8 Å². The molecule has 2 fully saturated rings. The monoisotopic (exact) mass is 266 g/mol. The Hall–Kier alpha value is -0.870. The number of ether oxygens (including phenoxy) is 1. The number of hydrogen-bond acceptors (Lipinski definition) is 4. The molecule has 4 heteroatoms. The minimum absolute atomic E-state index is 0.00120. The molecule has 2 N–H and O–H groups in total. The molecule has 2 saturated carbocycles. The molecule has 0 amide bonds. The van der Waals surface area contributed by atoms with E-state index in [4.69, 9.17) is 4.74 Å². The number of rotatable bonds is 0. The highest BCUT2D eigenvalue weighted by Gasteiger charge is 2.60. The average molecular weight is 266 g/mol. The highest BCUT2D eigenvalue weighted by Crippen LogP contribution is 2.56. The molecule has 0 radical (unpaired) electrons. The van der Waals surface area contributed by atoms with Gasteiger partial charge in [0.15, 0.2) is 6.10 Å². The van der Waals surface area contributed by atoms with E-state index in [1.54, 1.807) is 6.92 Å². The Morgan fingerprint density at radius 1 is 1.32 bits per heavy atom. The van der Waals surface area contributed by atoms with Crippen LogP contribution in [-0.4, -0.2) is 34.5 Å². The summed E-state index contributed by atoms with van der Waals surface area (Å²) in [5.41, 5.74) is 0.734. The molecular formula is C15H22O4. The second-order valence-corrected chi connectivity index (χ2v) is 6.60. The molecule has 2 aliphatic carbocycles. The fraction of sp³-hybridized carbons (Fsp3) is 0.800. The predicted octanol–water partition coefficient (Wildman–Crippen LogP) is 1.41. The van der Waals surface area contributed by atoms with Gasteiger partial charge in [0.25, 0.3) is 0 Å². The summed E-state index contributed by atoms with van der Waals surface area (Å²) >= 11 is 0. The van der Waals surface area contributed by atoms with Gasteiger partial charge in [-0.25, -0.2) is 4.79 Å². The molecule has 1 aliphatic heterocycles. The number of hydrogen-bond donors (Lipinski definition) is 2.